The lowest BCUT2D eigenvalue weighted by atomic mass is 9.95. The van der Waals surface area contributed by atoms with Gasteiger partial charge in [-0.3, -0.25) is 9.59 Å². The van der Waals surface area contributed by atoms with Gasteiger partial charge >= 0.3 is 0 Å². The van der Waals surface area contributed by atoms with Crippen molar-refractivity contribution in [2.45, 2.75) is 19.4 Å². The second-order valence-electron chi connectivity index (χ2n) is 8.06. The van der Waals surface area contributed by atoms with Gasteiger partial charge in [0.1, 0.15) is 17.3 Å². The number of likely N-dealkylation sites (tertiary alicyclic amines) is 1. The molecule has 33 heavy (non-hydrogen) atoms. The number of amides is 1. The van der Waals surface area contributed by atoms with Crippen LogP contribution in [0.25, 0.3) is 5.76 Å². The number of likely N-dealkylation sites (N-methyl/N-ethyl adjacent to an activating group) is 1. The van der Waals surface area contributed by atoms with Gasteiger partial charge in [-0.15, -0.1) is 0 Å². The first-order chi connectivity index (χ1) is 15.8. The molecule has 8 heteroatoms. The average molecular weight is 517 g/mol. The van der Waals surface area contributed by atoms with Crippen LogP contribution in [0.5, 0.6) is 11.5 Å². The number of methoxy groups -OCH3 is 1. The van der Waals surface area contributed by atoms with Gasteiger partial charge in [0.2, 0.25) is 0 Å². The molecular weight excluding hydrogens is 488 g/mol. The topological polar surface area (TPSA) is 79.3 Å². The number of ether oxygens (including phenoxy) is 2. The number of aliphatic hydroxyl groups is 1. The summed E-state index contributed by atoms with van der Waals surface area (Å²) in [5.74, 6) is -0.237. The van der Waals surface area contributed by atoms with E-state index in [0.29, 0.717) is 41.2 Å². The Kier molecular flexibility index (Phi) is 8.15. The zero-order valence-electron chi connectivity index (χ0n) is 19.3. The minimum Gasteiger partial charge on any atom is -0.507 e. The van der Waals surface area contributed by atoms with Crippen LogP contribution in [0.2, 0.25) is 0 Å². The van der Waals surface area contributed by atoms with Crippen molar-refractivity contribution in [2.75, 3.05) is 40.9 Å². The molecule has 0 aliphatic carbocycles. The summed E-state index contributed by atoms with van der Waals surface area (Å²) in [4.78, 5) is 29.5. The van der Waals surface area contributed by atoms with Crippen LogP contribution >= 0.6 is 15.9 Å². The molecule has 1 amide bonds. The lowest BCUT2D eigenvalue weighted by molar-refractivity contribution is -0.140. The Morgan fingerprint density at radius 3 is 2.42 bits per heavy atom. The molecule has 0 spiro atoms. The number of carbonyl (C=O) groups is 2. The third-order valence-electron chi connectivity index (χ3n) is 5.42. The molecule has 1 saturated heterocycles. The van der Waals surface area contributed by atoms with E-state index in [1.54, 1.807) is 25.3 Å². The van der Waals surface area contributed by atoms with E-state index in [0.717, 1.165) is 12.0 Å². The Morgan fingerprint density at radius 2 is 1.85 bits per heavy atom. The molecule has 1 fully saturated rings. The lowest BCUT2D eigenvalue weighted by Crippen LogP contribution is -2.35. The minimum atomic E-state index is -0.703. The van der Waals surface area contributed by atoms with Gasteiger partial charge in [-0.1, -0.05) is 19.1 Å². The summed E-state index contributed by atoms with van der Waals surface area (Å²) < 4.78 is 11.6. The number of hydrogen-bond donors (Lipinski definition) is 1. The highest BCUT2D eigenvalue weighted by atomic mass is 79.9. The Morgan fingerprint density at radius 1 is 1.15 bits per heavy atom. The highest BCUT2D eigenvalue weighted by Gasteiger charge is 2.45. The van der Waals surface area contributed by atoms with E-state index in [1.165, 1.54) is 4.90 Å². The molecule has 2 aromatic carbocycles. The third kappa shape index (κ3) is 5.39. The number of ketones is 1. The Balaban J connectivity index is 2.09. The monoisotopic (exact) mass is 516 g/mol. The predicted octanol–water partition coefficient (Wildman–Crippen LogP) is 4.23. The lowest BCUT2D eigenvalue weighted by Gasteiger charge is -2.26. The summed E-state index contributed by atoms with van der Waals surface area (Å²) in [7, 11) is 5.35. The zero-order chi connectivity index (χ0) is 24.1. The SMILES string of the molecule is CCCOc1ccc(C2/C(=C(/O)c3ccc(OC)c(Br)c3)C(=O)C(=O)N2CCN(C)C)cc1. The summed E-state index contributed by atoms with van der Waals surface area (Å²) in [5, 5.41) is 11.2. The van der Waals surface area contributed by atoms with Crippen molar-refractivity contribution in [1.29, 1.82) is 0 Å². The van der Waals surface area contributed by atoms with Crippen molar-refractivity contribution in [3.8, 4) is 11.5 Å². The van der Waals surface area contributed by atoms with Crippen LogP contribution in [-0.4, -0.2) is 67.5 Å². The second kappa shape index (κ2) is 10.9. The largest absolute Gasteiger partial charge is 0.507 e. The van der Waals surface area contributed by atoms with Gasteiger partial charge in [0.05, 0.1) is 29.8 Å². The molecule has 2 aromatic rings. The second-order valence-corrected chi connectivity index (χ2v) is 8.92. The highest BCUT2D eigenvalue weighted by molar-refractivity contribution is 9.10. The maximum Gasteiger partial charge on any atom is 0.295 e. The van der Waals surface area contributed by atoms with Crippen LogP contribution in [0.4, 0.5) is 0 Å². The van der Waals surface area contributed by atoms with Crippen LogP contribution in [-0.2, 0) is 9.59 Å². The molecule has 7 nitrogen and oxygen atoms in total. The van der Waals surface area contributed by atoms with E-state index in [4.69, 9.17) is 9.47 Å². The fraction of sp³-hybridized carbons (Fsp3) is 0.360. The fourth-order valence-electron chi connectivity index (χ4n) is 3.70. The maximum absolute atomic E-state index is 13.1. The van der Waals surface area contributed by atoms with Crippen LogP contribution in [0, 0.1) is 0 Å². The van der Waals surface area contributed by atoms with E-state index in [2.05, 4.69) is 15.9 Å². The van der Waals surface area contributed by atoms with E-state index in [-0.39, 0.29) is 11.3 Å². The summed E-state index contributed by atoms with van der Waals surface area (Å²) in [5.41, 5.74) is 1.21. The smallest absolute Gasteiger partial charge is 0.295 e. The molecule has 1 unspecified atom stereocenters. The molecule has 1 heterocycles. The van der Waals surface area contributed by atoms with Crippen molar-refractivity contribution < 1.29 is 24.2 Å². The molecular formula is C25H29BrN2O5. The van der Waals surface area contributed by atoms with Gasteiger partial charge in [-0.25, -0.2) is 0 Å². The molecule has 0 aromatic heterocycles. The molecule has 0 saturated carbocycles. The van der Waals surface area contributed by atoms with Crippen LogP contribution in [0.3, 0.4) is 0 Å². The third-order valence-corrected chi connectivity index (χ3v) is 6.04. The van der Waals surface area contributed by atoms with E-state index >= 15 is 0 Å². The molecule has 3 rings (SSSR count). The fourth-order valence-corrected chi connectivity index (χ4v) is 4.24. The van der Waals surface area contributed by atoms with Crippen molar-refractivity contribution in [3.63, 3.8) is 0 Å². The molecule has 176 valence electrons. The first-order valence-corrected chi connectivity index (χ1v) is 11.6. The van der Waals surface area contributed by atoms with Crippen LogP contribution in [0.15, 0.2) is 52.5 Å². The summed E-state index contributed by atoms with van der Waals surface area (Å²) in [6.07, 6.45) is 0.893. The summed E-state index contributed by atoms with van der Waals surface area (Å²) >= 11 is 3.41. The molecule has 1 atom stereocenters. The maximum atomic E-state index is 13.1. The van der Waals surface area contributed by atoms with Gasteiger partial charge in [-0.2, -0.15) is 0 Å². The van der Waals surface area contributed by atoms with Gasteiger partial charge in [0.15, 0.2) is 0 Å². The first-order valence-electron chi connectivity index (χ1n) is 10.8. The number of benzene rings is 2. The number of rotatable bonds is 9. The van der Waals surface area contributed by atoms with Gasteiger partial charge in [0.25, 0.3) is 11.7 Å². The van der Waals surface area contributed by atoms with Crippen molar-refractivity contribution >= 4 is 33.4 Å². The Labute approximate surface area is 202 Å². The summed E-state index contributed by atoms with van der Waals surface area (Å²) in [6.45, 7) is 3.56. The van der Waals surface area contributed by atoms with Gasteiger partial charge in [-0.05, 0) is 72.3 Å². The number of Topliss-reactive ketones (excluding diaryl/α,β-unsaturated/α-hetero) is 1. The zero-order valence-corrected chi connectivity index (χ0v) is 20.9. The van der Waals surface area contributed by atoms with E-state index in [1.807, 2.05) is 50.2 Å². The normalized spacial score (nSPS) is 17.6. The average Bonchev–Trinajstić information content (AvgIpc) is 3.06. The summed E-state index contributed by atoms with van der Waals surface area (Å²) in [6, 6.07) is 11.6. The molecule has 1 aliphatic heterocycles. The predicted molar refractivity (Wildman–Crippen MR) is 130 cm³/mol. The molecule has 1 N–H and O–H groups in total. The van der Waals surface area contributed by atoms with Gasteiger partial charge < -0.3 is 24.4 Å². The number of carbonyl (C=O) groups excluding carboxylic acids is 2. The van der Waals surface area contributed by atoms with Crippen molar-refractivity contribution in [1.82, 2.24) is 9.80 Å². The van der Waals surface area contributed by atoms with Crippen molar-refractivity contribution in [2.24, 2.45) is 0 Å². The van der Waals surface area contributed by atoms with Gasteiger partial charge in [0, 0.05) is 18.7 Å². The highest BCUT2D eigenvalue weighted by Crippen LogP contribution is 2.40. The van der Waals surface area contributed by atoms with Crippen LogP contribution in [0.1, 0.15) is 30.5 Å². The number of aliphatic hydroxyl groups excluding tert-OH is 1. The first kappa shape index (κ1) is 24.8. The molecule has 0 radical (unpaired) electrons. The Hall–Kier alpha value is -2.84. The quantitative estimate of drug-likeness (QED) is 0.305. The van der Waals surface area contributed by atoms with Crippen molar-refractivity contribution in [3.05, 3.63) is 63.6 Å². The Bertz CT molecular complexity index is 1050. The standard InChI is InChI=1S/C25H29BrN2O5/c1-5-14-33-18-9-6-16(7-10-18)22-21(24(30)25(31)28(22)13-12-27(2)3)23(29)17-8-11-20(32-4)19(26)15-17/h6-11,15,22,29H,5,12-14H2,1-4H3/b23-21-. The van der Waals surface area contributed by atoms with Crippen LogP contribution < -0.4 is 9.47 Å². The minimum absolute atomic E-state index is 0.0676. The van der Waals surface area contributed by atoms with E-state index in [9.17, 15) is 14.7 Å². The molecule has 0 bridgehead atoms. The number of halogens is 1. The number of hydrogen-bond acceptors (Lipinski definition) is 6. The number of nitrogens with zero attached hydrogens (tertiary/aromatic N) is 2. The van der Waals surface area contributed by atoms with E-state index < -0.39 is 17.7 Å². The molecule has 1 aliphatic rings.